The molecule has 30 heteroatoms. The normalized spacial score (nSPS) is 25.5. The number of nitrogens with one attached hydrogen (secondary N) is 10. The molecule has 0 bridgehead atoms. The second-order valence-corrected chi connectivity index (χ2v) is 48.2. The molecule has 3 heterocycles. The van der Waals surface area contributed by atoms with Crippen molar-refractivity contribution in [3.8, 4) is 12.3 Å². The van der Waals surface area contributed by atoms with Crippen LogP contribution in [0.5, 0.6) is 0 Å². The van der Waals surface area contributed by atoms with Gasteiger partial charge in [-0.3, -0.25) is 57.5 Å². The molecule has 15 rings (SSSR count). The van der Waals surface area contributed by atoms with Crippen LogP contribution in [0.4, 0.5) is 14.4 Å². The number of benzene rings is 3. The van der Waals surface area contributed by atoms with Crippen LogP contribution in [0.2, 0.25) is 0 Å². The van der Waals surface area contributed by atoms with E-state index in [-0.39, 0.29) is 119 Å². The van der Waals surface area contributed by atoms with Gasteiger partial charge in [-0.05, 0) is 186 Å². The minimum Gasteiger partial charge on any atom is -0.363 e. The molecule has 3 saturated heterocycles. The highest BCUT2D eigenvalue weighted by molar-refractivity contribution is 6.39. The van der Waals surface area contributed by atoms with Crippen molar-refractivity contribution in [1.82, 2.24) is 67.9 Å². The largest absolute Gasteiger partial charge is 0.363 e. The molecule has 1 spiro atoms. The summed E-state index contributed by atoms with van der Waals surface area (Å²) in [6.07, 6.45) is 32.9. The molecule has 14 N–H and O–H groups in total. The summed E-state index contributed by atoms with van der Waals surface area (Å²) < 4.78 is 0. The Hall–Kier alpha value is -11.0. The van der Waals surface area contributed by atoms with Crippen molar-refractivity contribution in [2.45, 2.75) is 366 Å². The summed E-state index contributed by atoms with van der Waals surface area (Å²) in [6, 6.07) is 21.2. The number of nitrogens with two attached hydrogens (primary N) is 2. The van der Waals surface area contributed by atoms with E-state index in [2.05, 4.69) is 137 Å². The number of amides is 15. The quantitative estimate of drug-likeness (QED) is 0.0146. The third kappa shape index (κ3) is 25.0. The molecule has 0 aromatic heterocycles. The number of hydrogen-bond acceptors (Lipinski definition) is 15. The maximum Gasteiger partial charge on any atom is 0.315 e. The Labute approximate surface area is 840 Å². The van der Waals surface area contributed by atoms with Crippen molar-refractivity contribution in [2.75, 3.05) is 26.2 Å². The number of nitrogens with zero attached hydrogens (tertiary/aromatic N) is 3. The lowest BCUT2D eigenvalue weighted by atomic mass is 9.69. The maximum atomic E-state index is 14.6. The van der Waals surface area contributed by atoms with Crippen LogP contribution < -0.4 is 64.6 Å². The number of fused-ring (bicyclic) bond motifs is 5. The summed E-state index contributed by atoms with van der Waals surface area (Å²) in [4.78, 5) is 207. The van der Waals surface area contributed by atoms with Crippen LogP contribution in [-0.4, -0.2) is 200 Å². The number of carbonyl (C=O) groups excluding carboxylic acids is 15. The number of likely N-dealkylation sites (tertiary alicyclic amines) is 3. The first kappa shape index (κ1) is 108. The number of hydrogen-bond donors (Lipinski definition) is 12. The molecular weight excluding hydrogens is 1800 g/mol. The minimum absolute atomic E-state index is 0.00466. The lowest BCUT2D eigenvalue weighted by molar-refractivity contribution is -0.145. The first-order valence-electron chi connectivity index (χ1n) is 52.8. The molecule has 3 aromatic carbocycles. The van der Waals surface area contributed by atoms with E-state index in [9.17, 15) is 71.9 Å². The van der Waals surface area contributed by atoms with E-state index >= 15 is 0 Å². The molecule has 0 radical (unpaired) electrons. The zero-order valence-corrected chi connectivity index (χ0v) is 86.6. The second-order valence-electron chi connectivity index (χ2n) is 48.2. The minimum atomic E-state index is -1.14. The Morgan fingerprint density at radius 2 is 0.789 bits per heavy atom. The average Bonchev–Trinajstić information content (AvgIpc) is 1.49. The van der Waals surface area contributed by atoms with Gasteiger partial charge in [-0.25, -0.2) is 14.4 Å². The summed E-state index contributed by atoms with van der Waals surface area (Å²) in [5.41, 5.74) is 10.7. The summed E-state index contributed by atoms with van der Waals surface area (Å²) in [5.74, 6) is -4.32. The Bertz CT molecular complexity index is 5150. The lowest BCUT2D eigenvalue weighted by Crippen LogP contribution is -2.63. The molecule has 16 atom stereocenters. The molecule has 12 fully saturated rings. The Balaban J connectivity index is 0.000000179. The fraction of sp³-hybridized carbons (Fsp3) is 0.670. The standard InChI is InChI=1S/C38H53N5O5.C37H53N5O5.C37H55N5O5/c1-8-10-19-27(30(44)33(46)39-22-9-2)40-32(45)29-28-26(37(28,6)7)24-43(29)34(47)31(36(3,4)5)41-35(48)42-38(20-15-12-16-21-38)23-25-17-13-11-14-18-25;1-35(2,3)30(40-34(47)41-36(16-8-5-9-17-36)21-24-12-6-4-7-13-24)33(46)42-22-25-27(37(25)18-10-11-19-37)28(42)32(45)39-26(20-23-14-15-23)29(43)31(38)44;1-7-24(23-14-10-8-11-15-23)37(18-12-9-13-19-37)41-34(47)40-30(35(2,3)4)33(46)42-21-25-27(36(25,5)6)28(42)32(45)39-26(20-22-16-17-22)29(43)31(38)44/h1,9,11,13-14,17-18,26-29,31H,2,10,12,15-16,19-24H2,3-7H3,(H,39,46)(H,40,45)(H2,41,42,48);4,6-7,12-13,23,25-28,30H,5,8-11,14-22H2,1-3H3,(H2,38,44)(H,39,45)(H2,40,41,47);8,10-11,14-15,22,24-28,30H,7,9,12-13,16-21H2,1-6H3,(H2,38,44)(H,39,45)(H2,40,41,47)/t26-,27?,28-,29-,31+;25-,26?,27-,28-,30+;24?,25-,26?,27-,28-,30+/m000/s1. The van der Waals surface area contributed by atoms with Crippen LogP contribution in [0.15, 0.2) is 104 Å². The van der Waals surface area contributed by atoms with Crippen molar-refractivity contribution in [3.05, 3.63) is 120 Å². The zero-order valence-electron chi connectivity index (χ0n) is 86.6. The maximum absolute atomic E-state index is 14.6. The van der Waals surface area contributed by atoms with Crippen molar-refractivity contribution < 1.29 is 71.9 Å². The number of primary amides is 2. The van der Waals surface area contributed by atoms with Crippen LogP contribution >= 0.6 is 0 Å². The number of carbonyl (C=O) groups is 15. The van der Waals surface area contributed by atoms with E-state index in [1.807, 2.05) is 117 Å². The van der Waals surface area contributed by atoms with Crippen LogP contribution in [0.3, 0.4) is 0 Å². The first-order chi connectivity index (χ1) is 67.1. The molecule has 9 saturated carbocycles. The molecular formula is C112H161N15O15. The molecule has 15 amide bonds. The van der Waals surface area contributed by atoms with Crippen LogP contribution in [-0.2, 0) is 70.4 Å². The van der Waals surface area contributed by atoms with Gasteiger partial charge in [0.1, 0.15) is 36.3 Å². The smallest absolute Gasteiger partial charge is 0.315 e. The van der Waals surface area contributed by atoms with E-state index in [0.29, 0.717) is 38.9 Å². The highest BCUT2D eigenvalue weighted by atomic mass is 16.2. The predicted octanol–water partition coefficient (Wildman–Crippen LogP) is 12.3. The Kier molecular flexibility index (Phi) is 33.8. The van der Waals surface area contributed by atoms with E-state index in [4.69, 9.17) is 17.9 Å². The van der Waals surface area contributed by atoms with Gasteiger partial charge in [0, 0.05) is 55.1 Å². The predicted molar refractivity (Wildman–Crippen MR) is 543 cm³/mol. The monoisotopic (exact) mass is 1960 g/mol. The van der Waals surface area contributed by atoms with E-state index in [0.717, 1.165) is 166 Å². The van der Waals surface area contributed by atoms with Gasteiger partial charge in [-0.1, -0.05) is 290 Å². The van der Waals surface area contributed by atoms with Gasteiger partial charge in [-0.2, -0.15) is 0 Å². The molecule has 3 aromatic rings. The van der Waals surface area contributed by atoms with Crippen molar-refractivity contribution in [1.29, 1.82) is 0 Å². The van der Waals surface area contributed by atoms with Gasteiger partial charge in [0.2, 0.25) is 52.8 Å². The van der Waals surface area contributed by atoms with Gasteiger partial charge in [0.15, 0.2) is 0 Å². The third-order valence-corrected chi connectivity index (χ3v) is 34.2. The highest BCUT2D eigenvalue weighted by Crippen LogP contribution is 2.73. The van der Waals surface area contributed by atoms with Crippen LogP contribution in [0.25, 0.3) is 0 Å². The van der Waals surface area contributed by atoms with Crippen molar-refractivity contribution in [2.24, 2.45) is 91.3 Å². The number of Topliss-reactive ketones (excluding diaryl/α,β-unsaturated/α-hetero) is 3. The van der Waals surface area contributed by atoms with E-state index < -0.39 is 146 Å². The Morgan fingerprint density at radius 1 is 0.444 bits per heavy atom. The molecule has 774 valence electrons. The third-order valence-electron chi connectivity index (χ3n) is 34.2. The Morgan fingerprint density at radius 3 is 1.14 bits per heavy atom. The highest BCUT2D eigenvalue weighted by Gasteiger charge is 2.75. The van der Waals surface area contributed by atoms with Crippen molar-refractivity contribution >= 4 is 88.6 Å². The molecule has 3 aliphatic heterocycles. The number of piperidine rings is 3. The fourth-order valence-electron chi connectivity index (χ4n) is 25.9. The van der Waals surface area contributed by atoms with Gasteiger partial charge in [-0.15, -0.1) is 18.9 Å². The lowest BCUT2D eigenvalue weighted by Gasteiger charge is -2.45. The number of urea groups is 3. The van der Waals surface area contributed by atoms with Crippen molar-refractivity contribution in [3.63, 3.8) is 0 Å². The van der Waals surface area contributed by atoms with Crippen LogP contribution in [0.1, 0.15) is 299 Å². The number of terminal acetylenes is 1. The van der Waals surface area contributed by atoms with E-state index in [1.54, 1.807) is 14.7 Å². The zero-order chi connectivity index (χ0) is 103. The molecule has 9 aliphatic carbocycles. The van der Waals surface area contributed by atoms with E-state index in [1.165, 1.54) is 17.2 Å². The summed E-state index contributed by atoms with van der Waals surface area (Å²) in [7, 11) is 0. The summed E-state index contributed by atoms with van der Waals surface area (Å²) >= 11 is 0. The number of ketones is 3. The SMILES string of the molecule is C#CCCC(NC(=O)[C@@H]1[C@@H]2[C@H](CN1C(=O)[C@@H](NC(=O)NC1(Cc3ccccc3)CCCCC1)C(C)(C)C)C2(C)C)C(=O)C(=O)NCC=C.CC(C)(C)[C@H](NC(=O)NC1(Cc2ccccc2)CCCCC1)C(=O)N1C[C@H]2[C@@H]([C@H]1C(=O)NC(CC1CC1)C(=O)C(N)=O)C21CCCC1.CCC(c1ccccc1)C1(NC(=O)N[C@H](C(=O)N2C[C@H]3[C@@H]([C@H]2C(=O)NC(CC2CC2)C(=O)C(N)=O)C3(C)C)C(C)(C)C)CCCCC1. The molecule has 30 nitrogen and oxygen atoms in total. The summed E-state index contributed by atoms with van der Waals surface area (Å²) in [6.45, 7) is 32.5. The number of rotatable bonds is 36. The average molecular weight is 1960 g/mol. The molecule has 142 heavy (non-hydrogen) atoms. The fourth-order valence-corrected chi connectivity index (χ4v) is 25.9. The van der Waals surface area contributed by atoms with Gasteiger partial charge in [0.05, 0.1) is 18.1 Å². The van der Waals surface area contributed by atoms with Gasteiger partial charge >= 0.3 is 18.1 Å². The van der Waals surface area contributed by atoms with Gasteiger partial charge < -0.3 is 79.3 Å². The topological polar surface area (TPSA) is 438 Å². The molecule has 12 aliphatic rings. The second kappa shape index (κ2) is 44.3. The van der Waals surface area contributed by atoms with Crippen LogP contribution in [0, 0.1) is 92.2 Å². The first-order valence-corrected chi connectivity index (χ1v) is 52.8. The summed E-state index contributed by atoms with van der Waals surface area (Å²) in [5, 5.41) is 30.0. The molecule has 4 unspecified atom stereocenters. The van der Waals surface area contributed by atoms with Gasteiger partial charge in [0.25, 0.3) is 17.7 Å².